The summed E-state index contributed by atoms with van der Waals surface area (Å²) in [6.07, 6.45) is 3.14. The van der Waals surface area contributed by atoms with E-state index in [2.05, 4.69) is 36.1 Å². The highest BCUT2D eigenvalue weighted by Gasteiger charge is 2.09. The van der Waals surface area contributed by atoms with E-state index in [0.717, 1.165) is 22.8 Å². The molecule has 0 atom stereocenters. The molecule has 11 heteroatoms. The van der Waals surface area contributed by atoms with Gasteiger partial charge in [0.2, 0.25) is 17.8 Å². The number of rotatable bonds is 10. The number of anilines is 4. The maximum atomic E-state index is 5.96. The molecule has 0 spiro atoms. The predicted molar refractivity (Wildman–Crippen MR) is 143 cm³/mol. The summed E-state index contributed by atoms with van der Waals surface area (Å²) in [5.74, 6) is 3.63. The third-order valence-corrected chi connectivity index (χ3v) is 5.35. The lowest BCUT2D eigenvalue weighted by Crippen LogP contribution is -2.09. The van der Waals surface area contributed by atoms with Crippen LogP contribution in [-0.2, 0) is 6.54 Å². The lowest BCUT2D eigenvalue weighted by molar-refractivity contribution is 0.415. The van der Waals surface area contributed by atoms with Crippen LogP contribution in [0.2, 0.25) is 5.02 Å². The molecule has 0 fully saturated rings. The van der Waals surface area contributed by atoms with Gasteiger partial charge in [-0.2, -0.15) is 20.1 Å². The van der Waals surface area contributed by atoms with Gasteiger partial charge >= 0.3 is 0 Å². The highest BCUT2D eigenvalue weighted by Crippen LogP contribution is 2.23. The Balaban J connectivity index is 1.31. The number of hydrogen-bond acceptors (Lipinski definition) is 10. The molecule has 10 nitrogen and oxygen atoms in total. The van der Waals surface area contributed by atoms with Crippen molar-refractivity contribution < 1.29 is 13.6 Å². The zero-order valence-corrected chi connectivity index (χ0v) is 20.4. The number of benzene rings is 2. The molecule has 186 valence electrons. The topological polar surface area (TPSA) is 123 Å². The molecule has 2 aromatic carbocycles. The van der Waals surface area contributed by atoms with Gasteiger partial charge in [0.25, 0.3) is 0 Å². The van der Waals surface area contributed by atoms with E-state index in [1.54, 1.807) is 13.4 Å². The van der Waals surface area contributed by atoms with E-state index in [0.29, 0.717) is 35.0 Å². The number of aromatic nitrogens is 3. The van der Waals surface area contributed by atoms with Crippen LogP contribution < -0.4 is 20.8 Å². The largest absolute Gasteiger partial charge is 0.497 e. The van der Waals surface area contributed by atoms with E-state index in [-0.39, 0.29) is 5.95 Å². The van der Waals surface area contributed by atoms with Gasteiger partial charge in [-0.05, 0) is 72.8 Å². The van der Waals surface area contributed by atoms with Gasteiger partial charge in [-0.1, -0.05) is 11.6 Å². The van der Waals surface area contributed by atoms with Gasteiger partial charge in [0, 0.05) is 16.3 Å². The molecule has 0 radical (unpaired) electrons. The minimum absolute atomic E-state index is 0.230. The van der Waals surface area contributed by atoms with Crippen molar-refractivity contribution in [3.05, 3.63) is 95.6 Å². The molecule has 0 aliphatic carbocycles. The average molecular weight is 516 g/mol. The van der Waals surface area contributed by atoms with Crippen molar-refractivity contribution >= 4 is 41.3 Å². The van der Waals surface area contributed by atoms with Crippen molar-refractivity contribution in [2.75, 3.05) is 23.2 Å². The Morgan fingerprint density at radius 1 is 0.919 bits per heavy atom. The number of ether oxygens (including phenoxy) is 1. The fourth-order valence-corrected chi connectivity index (χ4v) is 3.41. The van der Waals surface area contributed by atoms with Crippen molar-refractivity contribution in [2.24, 2.45) is 5.10 Å². The molecule has 0 saturated heterocycles. The van der Waals surface area contributed by atoms with Gasteiger partial charge in [0.1, 0.15) is 23.0 Å². The van der Waals surface area contributed by atoms with Gasteiger partial charge in [-0.3, -0.25) is 0 Å². The first-order valence-electron chi connectivity index (χ1n) is 11.2. The molecular weight excluding hydrogens is 494 g/mol. The monoisotopic (exact) mass is 515 g/mol. The second kappa shape index (κ2) is 11.3. The molecule has 0 aliphatic rings. The zero-order chi connectivity index (χ0) is 25.5. The fourth-order valence-electron chi connectivity index (χ4n) is 3.29. The third-order valence-electron chi connectivity index (χ3n) is 5.09. The average Bonchev–Trinajstić information content (AvgIpc) is 3.61. The SMILES string of the molecule is COc1ccc(Nc2nc(NCc3ccco3)nc(N/N=C\c3ccc(-c4ccc(Cl)cc4)o3)n2)cc1. The molecule has 0 saturated carbocycles. The summed E-state index contributed by atoms with van der Waals surface area (Å²) >= 11 is 5.96. The van der Waals surface area contributed by atoms with E-state index in [9.17, 15) is 0 Å². The smallest absolute Gasteiger partial charge is 0.250 e. The predicted octanol–water partition coefficient (Wildman–Crippen LogP) is 6.19. The second-order valence-electron chi connectivity index (χ2n) is 7.67. The van der Waals surface area contributed by atoms with E-state index >= 15 is 0 Å². The highest BCUT2D eigenvalue weighted by molar-refractivity contribution is 6.30. The number of nitrogens with one attached hydrogen (secondary N) is 3. The number of hydrogen-bond donors (Lipinski definition) is 3. The first-order chi connectivity index (χ1) is 18.1. The number of methoxy groups -OCH3 is 1. The van der Waals surface area contributed by atoms with Crippen molar-refractivity contribution in [1.82, 2.24) is 15.0 Å². The summed E-state index contributed by atoms with van der Waals surface area (Å²) in [6, 6.07) is 22.1. The molecule has 3 N–H and O–H groups in total. The Morgan fingerprint density at radius 2 is 1.70 bits per heavy atom. The molecule has 3 heterocycles. The Bertz CT molecular complexity index is 1470. The summed E-state index contributed by atoms with van der Waals surface area (Å²) in [5.41, 5.74) is 4.53. The number of nitrogens with zero attached hydrogens (tertiary/aromatic N) is 4. The van der Waals surface area contributed by atoms with Gasteiger partial charge in [0.05, 0.1) is 26.1 Å². The second-order valence-corrected chi connectivity index (χ2v) is 8.11. The van der Waals surface area contributed by atoms with E-state index in [1.807, 2.05) is 72.8 Å². The molecule has 37 heavy (non-hydrogen) atoms. The molecule has 5 rings (SSSR count). The normalized spacial score (nSPS) is 11.0. The minimum Gasteiger partial charge on any atom is -0.497 e. The highest BCUT2D eigenvalue weighted by atomic mass is 35.5. The lowest BCUT2D eigenvalue weighted by Gasteiger charge is -2.10. The molecular formula is C26H22ClN7O3. The van der Waals surface area contributed by atoms with Crippen molar-refractivity contribution in [2.45, 2.75) is 6.54 Å². The Morgan fingerprint density at radius 3 is 2.46 bits per heavy atom. The van der Waals surface area contributed by atoms with Crippen LogP contribution in [0.3, 0.4) is 0 Å². The van der Waals surface area contributed by atoms with Crippen LogP contribution in [0.25, 0.3) is 11.3 Å². The van der Waals surface area contributed by atoms with Crippen LogP contribution in [0.4, 0.5) is 23.5 Å². The standard InChI is InChI=1S/C26H22ClN7O3/c1-35-20-10-8-19(9-11-20)30-25-31-24(28-15-21-3-2-14-36-21)32-26(33-25)34-29-16-22-12-13-23(37-22)17-4-6-18(27)7-5-17/h2-14,16H,15H2,1H3,(H3,28,30,31,32,33,34)/b29-16-. The quantitative estimate of drug-likeness (QED) is 0.147. The van der Waals surface area contributed by atoms with Gasteiger partial charge < -0.3 is 24.2 Å². The van der Waals surface area contributed by atoms with E-state index in [4.69, 9.17) is 25.2 Å². The van der Waals surface area contributed by atoms with Gasteiger partial charge in [0.15, 0.2) is 0 Å². The van der Waals surface area contributed by atoms with Crippen molar-refractivity contribution in [1.29, 1.82) is 0 Å². The zero-order valence-electron chi connectivity index (χ0n) is 19.7. The number of furan rings is 2. The van der Waals surface area contributed by atoms with Gasteiger partial charge in [-0.25, -0.2) is 5.43 Å². The summed E-state index contributed by atoms with van der Waals surface area (Å²) < 4.78 is 16.4. The fraction of sp³-hybridized carbons (Fsp3) is 0.0769. The maximum Gasteiger partial charge on any atom is 0.250 e. The summed E-state index contributed by atoms with van der Waals surface area (Å²) in [4.78, 5) is 13.2. The number of halogens is 1. The van der Waals surface area contributed by atoms with E-state index < -0.39 is 0 Å². The molecule has 0 amide bonds. The summed E-state index contributed by atoms with van der Waals surface area (Å²) in [6.45, 7) is 0.404. The number of hydrazone groups is 1. The molecule has 0 unspecified atom stereocenters. The Labute approximate surface area is 217 Å². The molecule has 3 aromatic heterocycles. The first kappa shape index (κ1) is 23.9. The summed E-state index contributed by atoms with van der Waals surface area (Å²) in [7, 11) is 1.62. The van der Waals surface area contributed by atoms with Crippen molar-refractivity contribution in [3.63, 3.8) is 0 Å². The van der Waals surface area contributed by atoms with Crippen LogP contribution in [0, 0.1) is 0 Å². The van der Waals surface area contributed by atoms with Crippen LogP contribution in [0.1, 0.15) is 11.5 Å². The molecule has 0 aliphatic heterocycles. The third kappa shape index (κ3) is 6.44. The first-order valence-corrected chi connectivity index (χ1v) is 11.6. The van der Waals surface area contributed by atoms with E-state index in [1.165, 1.54) is 6.21 Å². The van der Waals surface area contributed by atoms with Crippen LogP contribution in [0.5, 0.6) is 5.75 Å². The molecule has 0 bridgehead atoms. The summed E-state index contributed by atoms with van der Waals surface area (Å²) in [5, 5.41) is 11.2. The van der Waals surface area contributed by atoms with Gasteiger partial charge in [-0.15, -0.1) is 0 Å². The van der Waals surface area contributed by atoms with Crippen LogP contribution in [-0.4, -0.2) is 28.3 Å². The lowest BCUT2D eigenvalue weighted by atomic mass is 10.2. The Kier molecular flexibility index (Phi) is 7.28. The van der Waals surface area contributed by atoms with Crippen LogP contribution in [0.15, 0.2) is 93.0 Å². The minimum atomic E-state index is 0.230. The van der Waals surface area contributed by atoms with Crippen molar-refractivity contribution in [3.8, 4) is 17.1 Å². The van der Waals surface area contributed by atoms with Crippen LogP contribution >= 0.6 is 11.6 Å². The Hall–Kier alpha value is -4.83. The maximum absolute atomic E-state index is 5.96. The molecule has 5 aromatic rings.